The third-order valence-electron chi connectivity index (χ3n) is 4.00. The molecule has 2 aromatic rings. The second-order valence-corrected chi connectivity index (χ2v) is 6.04. The van der Waals surface area contributed by atoms with Crippen LogP contribution in [0.2, 0.25) is 5.02 Å². The minimum Gasteiger partial charge on any atom is -0.380 e. The molecule has 0 saturated heterocycles. The minimum atomic E-state index is 0.0758. The van der Waals surface area contributed by atoms with Crippen molar-refractivity contribution < 1.29 is 0 Å². The molecule has 1 aliphatic rings. The van der Waals surface area contributed by atoms with Crippen LogP contribution in [0.3, 0.4) is 0 Å². The lowest BCUT2D eigenvalue weighted by atomic mass is 9.96. The zero-order chi connectivity index (χ0) is 15.7. The Labute approximate surface area is 132 Å². The quantitative estimate of drug-likeness (QED) is 0.391. The Morgan fingerprint density at radius 1 is 1.32 bits per heavy atom. The molecule has 0 unspecified atom stereocenters. The maximum atomic E-state index is 6.71. The van der Waals surface area contributed by atoms with E-state index in [-0.39, 0.29) is 11.3 Å². The van der Waals surface area contributed by atoms with E-state index in [0.29, 0.717) is 11.4 Å². The van der Waals surface area contributed by atoms with E-state index in [1.54, 1.807) is 6.07 Å². The zero-order valence-corrected chi connectivity index (χ0v) is 12.8. The topological polar surface area (TPSA) is 100 Å². The molecule has 0 spiro atoms. The Morgan fingerprint density at radius 2 is 2.09 bits per heavy atom. The number of nitrogens with zero attached hydrogens (tertiary/aromatic N) is 4. The van der Waals surface area contributed by atoms with Gasteiger partial charge in [0.05, 0.1) is 5.69 Å². The lowest BCUT2D eigenvalue weighted by Crippen LogP contribution is -2.14. The molecule has 1 saturated carbocycles. The van der Waals surface area contributed by atoms with Crippen LogP contribution in [-0.4, -0.2) is 15.8 Å². The lowest BCUT2D eigenvalue weighted by molar-refractivity contribution is 0.788. The molecule has 0 bridgehead atoms. The molecule has 3 N–H and O–H groups in total. The van der Waals surface area contributed by atoms with Gasteiger partial charge in [-0.2, -0.15) is 5.53 Å². The smallest absolute Gasteiger partial charge is 0.173 e. The highest BCUT2D eigenvalue weighted by Crippen LogP contribution is 2.50. The van der Waals surface area contributed by atoms with Crippen LogP contribution in [0.5, 0.6) is 0 Å². The van der Waals surface area contributed by atoms with Crippen LogP contribution >= 0.6 is 11.6 Å². The van der Waals surface area contributed by atoms with Crippen molar-refractivity contribution in [2.45, 2.75) is 25.2 Å². The van der Waals surface area contributed by atoms with E-state index >= 15 is 0 Å². The highest BCUT2D eigenvalue weighted by Gasteiger charge is 2.40. The molecule has 0 amide bonds. The molecule has 0 radical (unpaired) electrons. The summed E-state index contributed by atoms with van der Waals surface area (Å²) >= 11 is 6.42. The average molecular weight is 315 g/mol. The maximum absolute atomic E-state index is 6.71. The summed E-state index contributed by atoms with van der Waals surface area (Å²) in [5, 5.41) is 7.13. The van der Waals surface area contributed by atoms with Gasteiger partial charge in [-0.15, -0.1) is 5.10 Å². The number of benzene rings is 1. The normalized spacial score (nSPS) is 16.4. The Balaban J connectivity index is 1.98. The number of halogens is 1. The van der Waals surface area contributed by atoms with Crippen molar-refractivity contribution in [1.82, 2.24) is 9.97 Å². The summed E-state index contributed by atoms with van der Waals surface area (Å²) in [5.41, 5.74) is 15.8. The second-order valence-electron chi connectivity index (χ2n) is 5.63. The Kier molecular flexibility index (Phi) is 3.62. The fourth-order valence-electron chi connectivity index (χ4n) is 2.38. The first-order valence-corrected chi connectivity index (χ1v) is 7.24. The van der Waals surface area contributed by atoms with Crippen LogP contribution in [0.1, 0.15) is 31.0 Å². The summed E-state index contributed by atoms with van der Waals surface area (Å²) in [5.74, 6) is 0.0758. The molecule has 1 heterocycles. The molecule has 6 nitrogen and oxygen atoms in total. The Hall–Kier alpha value is -2.34. The van der Waals surface area contributed by atoms with Gasteiger partial charge in [0.1, 0.15) is 12.0 Å². The van der Waals surface area contributed by atoms with E-state index in [2.05, 4.69) is 33.3 Å². The largest absolute Gasteiger partial charge is 0.380 e. The summed E-state index contributed by atoms with van der Waals surface area (Å²) in [4.78, 5) is 8.27. The Morgan fingerprint density at radius 3 is 2.73 bits per heavy atom. The zero-order valence-electron chi connectivity index (χ0n) is 12.0. The van der Waals surface area contributed by atoms with Crippen molar-refractivity contribution in [3.8, 4) is 11.3 Å². The molecule has 22 heavy (non-hydrogen) atoms. The first kappa shape index (κ1) is 14.6. The molecule has 0 atom stereocenters. The van der Waals surface area contributed by atoms with Gasteiger partial charge in [-0.3, -0.25) is 0 Å². The van der Waals surface area contributed by atoms with Gasteiger partial charge in [0.25, 0.3) is 0 Å². The first-order chi connectivity index (χ1) is 10.5. The van der Waals surface area contributed by atoms with E-state index in [1.807, 2.05) is 12.1 Å². The van der Waals surface area contributed by atoms with Gasteiger partial charge in [-0.05, 0) is 36.0 Å². The van der Waals surface area contributed by atoms with Crippen LogP contribution in [0.25, 0.3) is 11.3 Å². The van der Waals surface area contributed by atoms with Crippen molar-refractivity contribution in [2.24, 2.45) is 16.1 Å². The third kappa shape index (κ3) is 2.69. The van der Waals surface area contributed by atoms with E-state index in [0.717, 1.165) is 10.6 Å². The number of hydrogen-bond donors (Lipinski definition) is 2. The van der Waals surface area contributed by atoms with Gasteiger partial charge in [0.2, 0.25) is 0 Å². The SMILES string of the molecule is CC1(c2ccc(-c3cc(C(N)=NN=N)ncn3)cc2Cl)CC1. The number of hydrogen-bond acceptors (Lipinski definition) is 4. The second kappa shape index (κ2) is 5.46. The third-order valence-corrected chi connectivity index (χ3v) is 4.32. The molecule has 0 aliphatic heterocycles. The van der Waals surface area contributed by atoms with Gasteiger partial charge in [-0.1, -0.05) is 35.9 Å². The number of nitrogens with one attached hydrogen (secondary N) is 1. The Bertz CT molecular complexity index is 766. The average Bonchev–Trinajstić information content (AvgIpc) is 3.26. The van der Waals surface area contributed by atoms with E-state index < -0.39 is 0 Å². The van der Waals surface area contributed by atoms with Crippen LogP contribution in [-0.2, 0) is 5.41 Å². The predicted octanol–water partition coefficient (Wildman–Crippen LogP) is 3.50. The summed E-state index contributed by atoms with van der Waals surface area (Å²) in [6.45, 7) is 2.22. The van der Waals surface area contributed by atoms with Crippen molar-refractivity contribution in [3.63, 3.8) is 0 Å². The molecule has 3 rings (SSSR count). The molecular formula is C15H15ClN6. The highest BCUT2D eigenvalue weighted by atomic mass is 35.5. The molecule has 7 heteroatoms. The van der Waals surface area contributed by atoms with Gasteiger partial charge in [-0.25, -0.2) is 9.97 Å². The fraction of sp³-hybridized carbons (Fsp3) is 0.267. The van der Waals surface area contributed by atoms with Gasteiger partial charge in [0, 0.05) is 10.6 Å². The van der Waals surface area contributed by atoms with Crippen molar-refractivity contribution in [1.29, 1.82) is 5.53 Å². The predicted molar refractivity (Wildman–Crippen MR) is 84.9 cm³/mol. The van der Waals surface area contributed by atoms with Crippen molar-refractivity contribution in [3.05, 3.63) is 46.9 Å². The van der Waals surface area contributed by atoms with Gasteiger partial charge in [0.15, 0.2) is 5.84 Å². The van der Waals surface area contributed by atoms with E-state index in [9.17, 15) is 0 Å². The summed E-state index contributed by atoms with van der Waals surface area (Å²) in [6, 6.07) is 7.67. The van der Waals surface area contributed by atoms with Gasteiger partial charge >= 0.3 is 0 Å². The molecule has 112 valence electrons. The van der Waals surface area contributed by atoms with Crippen LogP contribution < -0.4 is 5.73 Å². The highest BCUT2D eigenvalue weighted by molar-refractivity contribution is 6.31. The minimum absolute atomic E-state index is 0.0758. The number of amidine groups is 1. The number of rotatable bonds is 4. The standard InChI is InChI=1S/C15H15ClN6/c1-15(4-5-15)10-3-2-9(6-11(10)16)12-7-13(20-8-19-12)14(17)21-22-18/h2-3,6-8H,4-5H2,1H3,(H3,17,18,21). The van der Waals surface area contributed by atoms with E-state index in [4.69, 9.17) is 22.9 Å². The van der Waals surface area contributed by atoms with Crippen LogP contribution in [0, 0.1) is 5.53 Å². The summed E-state index contributed by atoms with van der Waals surface area (Å²) in [7, 11) is 0. The fourth-order valence-corrected chi connectivity index (χ4v) is 2.79. The van der Waals surface area contributed by atoms with Gasteiger partial charge < -0.3 is 5.73 Å². The first-order valence-electron chi connectivity index (χ1n) is 6.86. The molecule has 1 aliphatic carbocycles. The van der Waals surface area contributed by atoms with Crippen LogP contribution in [0.4, 0.5) is 0 Å². The van der Waals surface area contributed by atoms with Crippen molar-refractivity contribution in [2.75, 3.05) is 0 Å². The molecule has 1 aromatic heterocycles. The molecular weight excluding hydrogens is 300 g/mol. The number of aromatic nitrogens is 2. The summed E-state index contributed by atoms with van der Waals surface area (Å²) in [6.07, 6.45) is 3.75. The van der Waals surface area contributed by atoms with Crippen LogP contribution in [0.15, 0.2) is 40.9 Å². The summed E-state index contributed by atoms with van der Waals surface area (Å²) < 4.78 is 0. The maximum Gasteiger partial charge on any atom is 0.173 e. The van der Waals surface area contributed by atoms with Crippen molar-refractivity contribution >= 4 is 17.4 Å². The monoisotopic (exact) mass is 314 g/mol. The molecule has 1 fully saturated rings. The number of nitrogens with two attached hydrogens (primary N) is 1. The lowest BCUT2D eigenvalue weighted by Gasteiger charge is -2.12. The molecule has 1 aromatic carbocycles. The van der Waals surface area contributed by atoms with E-state index in [1.165, 1.54) is 24.7 Å².